The third-order valence-corrected chi connectivity index (χ3v) is 9.17. The van der Waals surface area contributed by atoms with Gasteiger partial charge in [-0.3, -0.25) is 9.59 Å². The van der Waals surface area contributed by atoms with Crippen molar-refractivity contribution >= 4 is 28.3 Å². The number of carbonyl (C=O) groups is 2. The Hall–Kier alpha value is -3.65. The van der Waals surface area contributed by atoms with Crippen LogP contribution in [0.3, 0.4) is 0 Å². The monoisotopic (exact) mass is 555 g/mol. The van der Waals surface area contributed by atoms with Crippen LogP contribution in [-0.2, 0) is 4.79 Å². The van der Waals surface area contributed by atoms with E-state index in [1.165, 1.54) is 31.3 Å². The molecule has 1 aromatic heterocycles. The summed E-state index contributed by atoms with van der Waals surface area (Å²) in [6, 6.07) is 8.93. The number of hydrogen-bond donors (Lipinski definition) is 1. The summed E-state index contributed by atoms with van der Waals surface area (Å²) in [6.07, 6.45) is 10.8. The van der Waals surface area contributed by atoms with Crippen LogP contribution in [0, 0.1) is 11.7 Å². The number of piperidine rings is 2. The third-order valence-electron chi connectivity index (χ3n) is 9.17. The van der Waals surface area contributed by atoms with Crippen molar-refractivity contribution in [2.45, 2.75) is 71.0 Å². The lowest BCUT2D eigenvalue weighted by Gasteiger charge is -2.44. The average Bonchev–Trinajstić information content (AvgIpc) is 3.01. The Labute approximate surface area is 240 Å². The molecule has 1 N–H and O–H groups in total. The maximum absolute atomic E-state index is 14.5. The second kappa shape index (κ2) is 11.3. The predicted octanol–water partition coefficient (Wildman–Crippen LogP) is 5.45. The fourth-order valence-electron chi connectivity index (χ4n) is 6.93. The van der Waals surface area contributed by atoms with Gasteiger partial charge in [0.05, 0.1) is 17.1 Å². The number of amides is 2. The molecule has 0 radical (unpaired) electrons. The van der Waals surface area contributed by atoms with Crippen molar-refractivity contribution in [3.8, 4) is 11.1 Å². The molecule has 214 valence electrons. The van der Waals surface area contributed by atoms with Crippen molar-refractivity contribution in [3.05, 3.63) is 65.9 Å². The molecule has 4 heterocycles. The van der Waals surface area contributed by atoms with E-state index in [0.29, 0.717) is 42.7 Å². The van der Waals surface area contributed by atoms with Gasteiger partial charge in [0.1, 0.15) is 12.1 Å². The van der Waals surface area contributed by atoms with Gasteiger partial charge in [-0.2, -0.15) is 0 Å². The minimum Gasteiger partial charge on any atom is -0.337 e. The fourth-order valence-corrected chi connectivity index (χ4v) is 6.93. The van der Waals surface area contributed by atoms with Gasteiger partial charge in [-0.25, -0.2) is 14.4 Å². The molecule has 3 aromatic rings. The lowest BCUT2D eigenvalue weighted by atomic mass is 9.76. The summed E-state index contributed by atoms with van der Waals surface area (Å²) in [5.41, 5.74) is 4.67. The van der Waals surface area contributed by atoms with Crippen molar-refractivity contribution in [1.29, 1.82) is 0 Å². The Kier molecular flexibility index (Phi) is 7.60. The minimum atomic E-state index is -0.450. The van der Waals surface area contributed by atoms with Crippen LogP contribution in [0.15, 0.2) is 48.9 Å². The number of hydrogen-bond acceptors (Lipinski definition) is 5. The van der Waals surface area contributed by atoms with E-state index >= 15 is 0 Å². The van der Waals surface area contributed by atoms with E-state index in [4.69, 9.17) is 0 Å². The zero-order chi connectivity index (χ0) is 28.7. The van der Waals surface area contributed by atoms with Gasteiger partial charge in [-0.15, -0.1) is 0 Å². The molecule has 2 saturated heterocycles. The SMILES string of the molecule is CCN(C(=O)c1cc(F)ccc1-c1cc(C2=CCN(C(=O)[C@@H]3NC4CCC3CC4)CC2)cc2ncncc12)C(C)C. The Balaban J connectivity index is 1.34. The summed E-state index contributed by atoms with van der Waals surface area (Å²) in [5, 5.41) is 4.39. The molecule has 41 heavy (non-hydrogen) atoms. The molecule has 2 bridgehead atoms. The molecule has 3 aliphatic heterocycles. The fraction of sp³-hybridized carbons (Fsp3) is 0.455. The van der Waals surface area contributed by atoms with Gasteiger partial charge < -0.3 is 15.1 Å². The first-order valence-electron chi connectivity index (χ1n) is 14.9. The average molecular weight is 556 g/mol. The van der Waals surface area contributed by atoms with Crippen LogP contribution in [0.25, 0.3) is 27.6 Å². The molecular weight excluding hydrogens is 517 g/mol. The Bertz CT molecular complexity index is 1510. The third kappa shape index (κ3) is 5.25. The zero-order valence-corrected chi connectivity index (χ0v) is 24.1. The molecule has 0 unspecified atom stereocenters. The Morgan fingerprint density at radius 1 is 1.12 bits per heavy atom. The standard InChI is InChI=1S/C33H38FN5O2/c1-4-39(20(2)3)32(40)28-17-24(34)7-10-26(28)27-15-23(16-30-29(27)18-35-19-36-30)21-11-13-38(14-12-21)33(41)31-22-5-8-25(37-31)9-6-22/h7,10-11,15-20,22,25,31,37H,4-6,8-9,12-14H2,1-3H3/t22?,25?,31-/m1/s1. The van der Waals surface area contributed by atoms with Crippen LogP contribution < -0.4 is 5.32 Å². The molecule has 1 atom stereocenters. The number of rotatable bonds is 6. The van der Waals surface area contributed by atoms with Gasteiger partial charge >= 0.3 is 0 Å². The number of aromatic nitrogens is 2. The first-order valence-corrected chi connectivity index (χ1v) is 14.9. The zero-order valence-electron chi connectivity index (χ0n) is 24.1. The van der Waals surface area contributed by atoms with Crippen LogP contribution in [-0.4, -0.2) is 69.3 Å². The molecular formula is C33H38FN5O2. The molecule has 7 rings (SSSR count). The minimum absolute atomic E-state index is 0.0212. The van der Waals surface area contributed by atoms with Crippen molar-refractivity contribution in [2.75, 3.05) is 19.6 Å². The van der Waals surface area contributed by atoms with Crippen LogP contribution in [0.5, 0.6) is 0 Å². The summed E-state index contributed by atoms with van der Waals surface area (Å²) in [7, 11) is 0. The highest BCUT2D eigenvalue weighted by Crippen LogP contribution is 2.37. The highest BCUT2D eigenvalue weighted by molar-refractivity contribution is 6.06. The molecule has 2 amide bonds. The Morgan fingerprint density at radius 2 is 1.93 bits per heavy atom. The molecule has 2 aromatic carbocycles. The van der Waals surface area contributed by atoms with E-state index in [1.807, 2.05) is 31.7 Å². The van der Waals surface area contributed by atoms with Crippen molar-refractivity contribution in [3.63, 3.8) is 0 Å². The van der Waals surface area contributed by atoms with E-state index in [-0.39, 0.29) is 23.9 Å². The van der Waals surface area contributed by atoms with Gasteiger partial charge in [0.15, 0.2) is 0 Å². The summed E-state index contributed by atoms with van der Waals surface area (Å²) in [6.45, 7) is 7.61. The van der Waals surface area contributed by atoms with Crippen LogP contribution in [0.1, 0.15) is 68.8 Å². The summed E-state index contributed by atoms with van der Waals surface area (Å²) in [5.74, 6) is 0.0202. The van der Waals surface area contributed by atoms with E-state index < -0.39 is 5.82 Å². The summed E-state index contributed by atoms with van der Waals surface area (Å²) < 4.78 is 14.5. The number of benzene rings is 2. The maximum Gasteiger partial charge on any atom is 0.254 e. The normalized spacial score (nSPS) is 22.2. The van der Waals surface area contributed by atoms with E-state index in [0.717, 1.165) is 46.9 Å². The van der Waals surface area contributed by atoms with E-state index in [1.54, 1.807) is 17.2 Å². The smallest absolute Gasteiger partial charge is 0.254 e. The summed E-state index contributed by atoms with van der Waals surface area (Å²) in [4.78, 5) is 39.6. The largest absolute Gasteiger partial charge is 0.337 e. The first-order chi connectivity index (χ1) is 19.8. The Morgan fingerprint density at radius 3 is 2.59 bits per heavy atom. The van der Waals surface area contributed by atoms with Gasteiger partial charge in [-0.05, 0) is 105 Å². The quantitative estimate of drug-likeness (QED) is 0.438. The molecule has 1 saturated carbocycles. The van der Waals surface area contributed by atoms with Crippen molar-refractivity contribution in [2.24, 2.45) is 5.92 Å². The van der Waals surface area contributed by atoms with Crippen molar-refractivity contribution in [1.82, 2.24) is 25.1 Å². The van der Waals surface area contributed by atoms with Crippen molar-refractivity contribution < 1.29 is 14.0 Å². The number of halogens is 1. The van der Waals surface area contributed by atoms with Gasteiger partial charge in [0.25, 0.3) is 5.91 Å². The number of nitrogens with zero attached hydrogens (tertiary/aromatic N) is 4. The van der Waals surface area contributed by atoms with Crippen LogP contribution in [0.2, 0.25) is 0 Å². The molecule has 3 fully saturated rings. The molecule has 8 heteroatoms. The molecule has 1 aliphatic carbocycles. The van der Waals surface area contributed by atoms with Crippen LogP contribution in [0.4, 0.5) is 4.39 Å². The topological polar surface area (TPSA) is 78.4 Å². The van der Waals surface area contributed by atoms with Gasteiger partial charge in [0, 0.05) is 43.3 Å². The predicted molar refractivity (Wildman–Crippen MR) is 159 cm³/mol. The molecule has 0 spiro atoms. The number of carbonyl (C=O) groups excluding carboxylic acids is 2. The highest BCUT2D eigenvalue weighted by atomic mass is 19.1. The van der Waals surface area contributed by atoms with Gasteiger partial charge in [0.2, 0.25) is 5.91 Å². The first kappa shape index (κ1) is 27.5. The van der Waals surface area contributed by atoms with Crippen LogP contribution >= 0.6 is 0 Å². The highest BCUT2D eigenvalue weighted by Gasteiger charge is 2.40. The van der Waals surface area contributed by atoms with E-state index in [9.17, 15) is 14.0 Å². The summed E-state index contributed by atoms with van der Waals surface area (Å²) >= 11 is 0. The number of fused-ring (bicyclic) bond motifs is 4. The molecule has 4 aliphatic rings. The second-order valence-corrected chi connectivity index (χ2v) is 11.9. The molecule has 7 nitrogen and oxygen atoms in total. The lowest BCUT2D eigenvalue weighted by molar-refractivity contribution is -0.136. The lowest BCUT2D eigenvalue weighted by Crippen LogP contribution is -2.59. The number of nitrogens with one attached hydrogen (secondary N) is 1. The second-order valence-electron chi connectivity index (χ2n) is 11.9. The maximum atomic E-state index is 14.5. The van der Waals surface area contributed by atoms with Gasteiger partial charge in [-0.1, -0.05) is 12.1 Å². The van der Waals surface area contributed by atoms with E-state index in [2.05, 4.69) is 27.4 Å².